The molecule has 0 amide bonds. The van der Waals surface area contributed by atoms with Gasteiger partial charge in [0.05, 0.1) is 5.69 Å². The van der Waals surface area contributed by atoms with Crippen molar-refractivity contribution >= 4 is 38.6 Å². The van der Waals surface area contributed by atoms with Gasteiger partial charge in [-0.3, -0.25) is 0 Å². The molecule has 0 bridgehead atoms. The summed E-state index contributed by atoms with van der Waals surface area (Å²) >= 11 is 0. The van der Waals surface area contributed by atoms with E-state index in [9.17, 15) is 0 Å². The van der Waals surface area contributed by atoms with E-state index in [-0.39, 0.29) is 5.41 Å². The molecule has 1 unspecified atom stereocenters. The van der Waals surface area contributed by atoms with Gasteiger partial charge in [0.25, 0.3) is 0 Å². The minimum atomic E-state index is -0.295. The largest absolute Gasteiger partial charge is 0.310 e. The third kappa shape index (κ3) is 7.17. The lowest BCUT2D eigenvalue weighted by atomic mass is 9.74. The van der Waals surface area contributed by atoms with Crippen molar-refractivity contribution in [3.63, 3.8) is 0 Å². The number of benzene rings is 12. The summed E-state index contributed by atoms with van der Waals surface area (Å²) in [7, 11) is 0. The third-order valence-corrected chi connectivity index (χ3v) is 15.0. The van der Waals surface area contributed by atoms with Crippen molar-refractivity contribution in [1.29, 1.82) is 0 Å². The molecule has 1 aliphatic rings. The molecule has 0 saturated heterocycles. The molecule has 0 fully saturated rings. The fraction of sp³-hybridized carbons (Fsp3) is 0.0286. The van der Waals surface area contributed by atoms with Crippen LogP contribution in [0.15, 0.2) is 279 Å². The van der Waals surface area contributed by atoms with E-state index in [0.717, 1.165) is 28.2 Å². The standard InChI is InChI=1S/C70H49N/c1-70(55-26-12-5-13-27-55)65-32-18-16-30-61(65)63-47-57(43-45-66(63)70)71(56-41-38-51(39-42-56)50-36-34-49(35-37-50)48-20-6-2-7-21-48)67-33-19-17-28-58(67)54-40-44-60-59-29-14-15-31-62(59)68(52-22-8-3-9-23-52)69(64(60)46-54)53-24-10-4-11-25-53/h2-47H,1H3. The Morgan fingerprint density at radius 1 is 0.268 bits per heavy atom. The maximum absolute atomic E-state index is 2.47. The van der Waals surface area contributed by atoms with Gasteiger partial charge in [0, 0.05) is 22.4 Å². The maximum Gasteiger partial charge on any atom is 0.0540 e. The van der Waals surface area contributed by atoms with Crippen molar-refractivity contribution in [2.45, 2.75) is 12.3 Å². The number of hydrogen-bond acceptors (Lipinski definition) is 1. The highest BCUT2D eigenvalue weighted by Crippen LogP contribution is 2.54. The van der Waals surface area contributed by atoms with Crippen molar-refractivity contribution < 1.29 is 0 Å². The summed E-state index contributed by atoms with van der Waals surface area (Å²) in [6.07, 6.45) is 0. The van der Waals surface area contributed by atoms with Crippen LogP contribution in [-0.2, 0) is 5.41 Å². The molecule has 0 aliphatic heterocycles. The van der Waals surface area contributed by atoms with Crippen LogP contribution in [0.4, 0.5) is 17.1 Å². The fourth-order valence-electron chi connectivity index (χ4n) is 11.5. The Labute approximate surface area is 416 Å². The first-order chi connectivity index (χ1) is 35.1. The van der Waals surface area contributed by atoms with Crippen molar-refractivity contribution in [2.24, 2.45) is 0 Å². The van der Waals surface area contributed by atoms with Gasteiger partial charge in [-0.25, -0.2) is 0 Å². The highest BCUT2D eigenvalue weighted by atomic mass is 15.1. The molecule has 12 aromatic carbocycles. The summed E-state index contributed by atoms with van der Waals surface area (Å²) in [5, 5.41) is 4.97. The summed E-state index contributed by atoms with van der Waals surface area (Å²) in [5.41, 5.74) is 21.5. The van der Waals surface area contributed by atoms with E-state index in [1.54, 1.807) is 0 Å². The van der Waals surface area contributed by atoms with Crippen LogP contribution < -0.4 is 4.90 Å². The Morgan fingerprint density at radius 2 is 0.704 bits per heavy atom. The van der Waals surface area contributed by atoms with E-state index in [2.05, 4.69) is 291 Å². The van der Waals surface area contributed by atoms with Gasteiger partial charge in [-0.15, -0.1) is 0 Å². The molecular formula is C70H49N. The van der Waals surface area contributed by atoms with Crippen LogP contribution in [0.3, 0.4) is 0 Å². The van der Waals surface area contributed by atoms with Crippen molar-refractivity contribution in [3.8, 4) is 66.8 Å². The van der Waals surface area contributed by atoms with Gasteiger partial charge in [-0.2, -0.15) is 0 Å². The minimum Gasteiger partial charge on any atom is -0.310 e. The molecule has 1 aliphatic carbocycles. The Bertz CT molecular complexity index is 3900. The lowest BCUT2D eigenvalue weighted by Gasteiger charge is -2.30. The normalized spacial score (nSPS) is 13.8. The molecule has 12 aromatic rings. The number of anilines is 3. The van der Waals surface area contributed by atoms with E-state index in [0.29, 0.717) is 0 Å². The van der Waals surface area contributed by atoms with Gasteiger partial charge in [0.1, 0.15) is 0 Å². The Balaban J connectivity index is 1.01. The maximum atomic E-state index is 2.47. The molecule has 0 heterocycles. The highest BCUT2D eigenvalue weighted by Gasteiger charge is 2.41. The summed E-state index contributed by atoms with van der Waals surface area (Å²) in [5.74, 6) is 0. The van der Waals surface area contributed by atoms with Crippen LogP contribution in [0.2, 0.25) is 0 Å². The first-order valence-electron chi connectivity index (χ1n) is 24.7. The zero-order chi connectivity index (χ0) is 47.3. The summed E-state index contributed by atoms with van der Waals surface area (Å²) in [4.78, 5) is 2.47. The quantitative estimate of drug-likeness (QED) is 0.130. The van der Waals surface area contributed by atoms with E-state index in [1.807, 2.05) is 0 Å². The van der Waals surface area contributed by atoms with Crippen LogP contribution >= 0.6 is 0 Å². The Hall–Kier alpha value is -9.04. The van der Waals surface area contributed by atoms with Gasteiger partial charge < -0.3 is 4.90 Å². The second-order valence-electron chi connectivity index (χ2n) is 18.9. The van der Waals surface area contributed by atoms with Gasteiger partial charge in [0.15, 0.2) is 0 Å². The number of rotatable bonds is 9. The van der Waals surface area contributed by atoms with Crippen LogP contribution in [-0.4, -0.2) is 0 Å². The first-order valence-corrected chi connectivity index (χ1v) is 24.7. The second-order valence-corrected chi connectivity index (χ2v) is 18.9. The number of hydrogen-bond donors (Lipinski definition) is 0. The molecule has 1 nitrogen and oxygen atoms in total. The van der Waals surface area contributed by atoms with E-state index < -0.39 is 0 Å². The summed E-state index contributed by atoms with van der Waals surface area (Å²) < 4.78 is 0. The lowest BCUT2D eigenvalue weighted by molar-refractivity contribution is 0.714. The average molecular weight is 904 g/mol. The number of para-hydroxylation sites is 1. The molecule has 13 rings (SSSR count). The first kappa shape index (κ1) is 42.1. The second kappa shape index (κ2) is 17.5. The predicted molar refractivity (Wildman–Crippen MR) is 301 cm³/mol. The SMILES string of the molecule is CC1(c2ccccc2)c2ccccc2-c2cc(N(c3ccc(-c4ccc(-c5ccccc5)cc4)cc3)c3ccccc3-c3ccc4c(c3)c(-c3ccccc3)c(-c3ccccc3)c3ccccc34)ccc21. The summed E-state index contributed by atoms with van der Waals surface area (Å²) in [6, 6.07) is 103. The highest BCUT2D eigenvalue weighted by molar-refractivity contribution is 6.22. The molecule has 71 heavy (non-hydrogen) atoms. The van der Waals surface area contributed by atoms with Crippen molar-refractivity contribution in [2.75, 3.05) is 4.90 Å². The number of fused-ring (bicyclic) bond motifs is 6. The monoisotopic (exact) mass is 903 g/mol. The van der Waals surface area contributed by atoms with Gasteiger partial charge in [0.2, 0.25) is 0 Å². The minimum absolute atomic E-state index is 0.295. The molecular weight excluding hydrogens is 855 g/mol. The van der Waals surface area contributed by atoms with Crippen molar-refractivity contribution in [3.05, 3.63) is 296 Å². The van der Waals surface area contributed by atoms with Crippen LogP contribution in [0, 0.1) is 0 Å². The smallest absolute Gasteiger partial charge is 0.0540 e. The van der Waals surface area contributed by atoms with E-state index in [1.165, 1.54) is 93.9 Å². The van der Waals surface area contributed by atoms with Crippen LogP contribution in [0.5, 0.6) is 0 Å². The average Bonchev–Trinajstić information content (AvgIpc) is 3.71. The molecule has 1 heteroatoms. The molecule has 0 N–H and O–H groups in total. The van der Waals surface area contributed by atoms with Crippen molar-refractivity contribution in [1.82, 2.24) is 0 Å². The molecule has 0 radical (unpaired) electrons. The van der Waals surface area contributed by atoms with Crippen LogP contribution in [0.1, 0.15) is 23.6 Å². The fourth-order valence-corrected chi connectivity index (χ4v) is 11.5. The molecule has 334 valence electrons. The zero-order valence-corrected chi connectivity index (χ0v) is 39.5. The van der Waals surface area contributed by atoms with E-state index >= 15 is 0 Å². The zero-order valence-electron chi connectivity index (χ0n) is 39.5. The van der Waals surface area contributed by atoms with Crippen LogP contribution in [0.25, 0.3) is 88.3 Å². The molecule has 1 atom stereocenters. The third-order valence-electron chi connectivity index (χ3n) is 15.0. The summed E-state index contributed by atoms with van der Waals surface area (Å²) in [6.45, 7) is 2.39. The van der Waals surface area contributed by atoms with Gasteiger partial charge in [-0.1, -0.05) is 243 Å². The topological polar surface area (TPSA) is 3.24 Å². The predicted octanol–water partition coefficient (Wildman–Crippen LogP) is 19.1. The molecule has 0 saturated carbocycles. The van der Waals surface area contributed by atoms with Gasteiger partial charge >= 0.3 is 0 Å². The number of nitrogens with zero attached hydrogens (tertiary/aromatic N) is 1. The molecule has 0 aromatic heterocycles. The Morgan fingerprint density at radius 3 is 1.35 bits per heavy atom. The Kier molecular flexibility index (Phi) is 10.4. The molecule has 0 spiro atoms. The van der Waals surface area contributed by atoms with E-state index in [4.69, 9.17) is 0 Å². The lowest BCUT2D eigenvalue weighted by Crippen LogP contribution is -2.22. The van der Waals surface area contributed by atoms with Gasteiger partial charge in [-0.05, 0) is 143 Å².